The highest BCUT2D eigenvalue weighted by Crippen LogP contribution is 2.17. The number of ketones is 1. The SMILES string of the molecule is COc1cccc(C(=O)/C=C/Nc2cccc([C@@H](C)O)c2)c1. The first-order valence-corrected chi connectivity index (χ1v) is 6.99. The largest absolute Gasteiger partial charge is 0.497 e. The Hall–Kier alpha value is -2.59. The van der Waals surface area contributed by atoms with Gasteiger partial charge in [0.05, 0.1) is 13.2 Å². The van der Waals surface area contributed by atoms with E-state index in [1.807, 2.05) is 24.3 Å². The number of hydrogen-bond acceptors (Lipinski definition) is 4. The summed E-state index contributed by atoms with van der Waals surface area (Å²) in [6, 6.07) is 14.4. The molecule has 22 heavy (non-hydrogen) atoms. The van der Waals surface area contributed by atoms with Gasteiger partial charge in [0, 0.05) is 23.5 Å². The van der Waals surface area contributed by atoms with Gasteiger partial charge < -0.3 is 15.2 Å². The Morgan fingerprint density at radius 3 is 2.73 bits per heavy atom. The van der Waals surface area contributed by atoms with Crippen LogP contribution in [0.1, 0.15) is 28.9 Å². The van der Waals surface area contributed by atoms with Crippen LogP contribution < -0.4 is 10.1 Å². The maximum absolute atomic E-state index is 12.1. The van der Waals surface area contributed by atoms with Gasteiger partial charge >= 0.3 is 0 Å². The van der Waals surface area contributed by atoms with Gasteiger partial charge in [0.2, 0.25) is 0 Å². The summed E-state index contributed by atoms with van der Waals surface area (Å²) in [5.41, 5.74) is 2.20. The second-order valence-corrected chi connectivity index (χ2v) is 4.88. The first kappa shape index (κ1) is 15.8. The highest BCUT2D eigenvalue weighted by Gasteiger charge is 2.03. The van der Waals surface area contributed by atoms with Crippen LogP contribution >= 0.6 is 0 Å². The average molecular weight is 297 g/mol. The van der Waals surface area contributed by atoms with Crippen molar-refractivity contribution >= 4 is 11.5 Å². The Balaban J connectivity index is 2.02. The third-order valence-corrected chi connectivity index (χ3v) is 3.21. The molecule has 0 heterocycles. The molecule has 2 aromatic rings. The fraction of sp³-hybridized carbons (Fsp3) is 0.167. The highest BCUT2D eigenvalue weighted by atomic mass is 16.5. The molecule has 0 saturated carbocycles. The third-order valence-electron chi connectivity index (χ3n) is 3.21. The molecule has 2 aromatic carbocycles. The molecule has 2 rings (SSSR count). The van der Waals surface area contributed by atoms with E-state index in [0.29, 0.717) is 11.3 Å². The summed E-state index contributed by atoms with van der Waals surface area (Å²) < 4.78 is 5.10. The number of rotatable bonds is 6. The van der Waals surface area contributed by atoms with E-state index >= 15 is 0 Å². The predicted molar refractivity (Wildman–Crippen MR) is 87.2 cm³/mol. The summed E-state index contributed by atoms with van der Waals surface area (Å²) in [5.74, 6) is 0.537. The number of aliphatic hydroxyl groups is 1. The molecule has 0 aromatic heterocycles. The number of benzene rings is 2. The van der Waals surface area contributed by atoms with Gasteiger partial charge in [0.1, 0.15) is 5.75 Å². The second-order valence-electron chi connectivity index (χ2n) is 4.88. The fourth-order valence-corrected chi connectivity index (χ4v) is 1.97. The smallest absolute Gasteiger partial charge is 0.187 e. The number of carbonyl (C=O) groups excluding carboxylic acids is 1. The van der Waals surface area contributed by atoms with Gasteiger partial charge in [-0.05, 0) is 36.8 Å². The topological polar surface area (TPSA) is 58.6 Å². The van der Waals surface area contributed by atoms with E-state index in [4.69, 9.17) is 4.74 Å². The van der Waals surface area contributed by atoms with Crippen LogP contribution in [-0.4, -0.2) is 18.0 Å². The van der Waals surface area contributed by atoms with E-state index in [-0.39, 0.29) is 5.78 Å². The Morgan fingerprint density at radius 1 is 1.23 bits per heavy atom. The summed E-state index contributed by atoms with van der Waals surface area (Å²) >= 11 is 0. The van der Waals surface area contributed by atoms with Crippen LogP contribution in [0.25, 0.3) is 0 Å². The molecule has 2 N–H and O–H groups in total. The van der Waals surface area contributed by atoms with Crippen molar-refractivity contribution in [3.8, 4) is 5.75 Å². The average Bonchev–Trinajstić information content (AvgIpc) is 2.55. The lowest BCUT2D eigenvalue weighted by molar-refractivity contribution is 0.104. The number of ether oxygens (including phenoxy) is 1. The predicted octanol–water partition coefficient (Wildman–Crippen LogP) is 3.56. The number of nitrogens with one attached hydrogen (secondary N) is 1. The molecule has 1 atom stereocenters. The number of hydrogen-bond donors (Lipinski definition) is 2. The van der Waals surface area contributed by atoms with Crippen molar-refractivity contribution in [1.82, 2.24) is 0 Å². The lowest BCUT2D eigenvalue weighted by atomic mass is 10.1. The van der Waals surface area contributed by atoms with Gasteiger partial charge in [-0.3, -0.25) is 4.79 Å². The maximum Gasteiger partial charge on any atom is 0.187 e. The Labute approximate surface area is 130 Å². The van der Waals surface area contributed by atoms with Crippen LogP contribution in [0.15, 0.2) is 60.8 Å². The number of carbonyl (C=O) groups is 1. The summed E-state index contributed by atoms with van der Waals surface area (Å²) in [6.45, 7) is 1.71. The van der Waals surface area contributed by atoms with E-state index in [0.717, 1.165) is 11.3 Å². The van der Waals surface area contributed by atoms with Crippen molar-refractivity contribution in [2.45, 2.75) is 13.0 Å². The van der Waals surface area contributed by atoms with Gasteiger partial charge in [0.25, 0.3) is 0 Å². The molecule has 0 unspecified atom stereocenters. The van der Waals surface area contributed by atoms with Crippen molar-refractivity contribution in [3.05, 3.63) is 71.9 Å². The molecule has 4 heteroatoms. The molecular formula is C18H19NO3. The molecule has 0 aliphatic rings. The normalized spacial score (nSPS) is 12.1. The summed E-state index contributed by atoms with van der Waals surface area (Å²) in [7, 11) is 1.57. The maximum atomic E-state index is 12.1. The van der Waals surface area contributed by atoms with Gasteiger partial charge in [-0.1, -0.05) is 24.3 Å². The van der Waals surface area contributed by atoms with Crippen LogP contribution in [0, 0.1) is 0 Å². The van der Waals surface area contributed by atoms with Crippen molar-refractivity contribution < 1.29 is 14.6 Å². The van der Waals surface area contributed by atoms with Crippen molar-refractivity contribution in [3.63, 3.8) is 0 Å². The zero-order chi connectivity index (χ0) is 15.9. The number of methoxy groups -OCH3 is 1. The zero-order valence-electron chi connectivity index (χ0n) is 12.6. The Bertz CT molecular complexity index is 678. The quantitative estimate of drug-likeness (QED) is 0.632. The van der Waals surface area contributed by atoms with Crippen LogP contribution in [-0.2, 0) is 0 Å². The Morgan fingerprint density at radius 2 is 2.00 bits per heavy atom. The lowest BCUT2D eigenvalue weighted by Crippen LogP contribution is -1.97. The first-order valence-electron chi connectivity index (χ1n) is 6.99. The molecule has 0 bridgehead atoms. The van der Waals surface area contributed by atoms with E-state index in [1.165, 1.54) is 6.08 Å². The van der Waals surface area contributed by atoms with Crippen LogP contribution in [0.3, 0.4) is 0 Å². The molecule has 0 amide bonds. The summed E-state index contributed by atoms with van der Waals surface area (Å²) in [4.78, 5) is 12.1. The van der Waals surface area contributed by atoms with Crippen LogP contribution in [0.2, 0.25) is 0 Å². The van der Waals surface area contributed by atoms with Crippen molar-refractivity contribution in [2.75, 3.05) is 12.4 Å². The lowest BCUT2D eigenvalue weighted by Gasteiger charge is -2.07. The first-order chi connectivity index (χ1) is 10.6. The highest BCUT2D eigenvalue weighted by molar-refractivity contribution is 6.04. The molecular weight excluding hydrogens is 278 g/mol. The van der Waals surface area contributed by atoms with Crippen LogP contribution in [0.5, 0.6) is 5.75 Å². The van der Waals surface area contributed by atoms with Crippen molar-refractivity contribution in [2.24, 2.45) is 0 Å². The molecule has 0 spiro atoms. The zero-order valence-corrected chi connectivity index (χ0v) is 12.6. The summed E-state index contributed by atoms with van der Waals surface area (Å²) in [5, 5.41) is 12.6. The third kappa shape index (κ3) is 4.20. The molecule has 0 aliphatic heterocycles. The Kier molecular flexibility index (Phi) is 5.33. The van der Waals surface area contributed by atoms with Gasteiger partial charge in [0.15, 0.2) is 5.78 Å². The van der Waals surface area contributed by atoms with Gasteiger partial charge in [-0.25, -0.2) is 0 Å². The second kappa shape index (κ2) is 7.43. The van der Waals surface area contributed by atoms with E-state index in [2.05, 4.69) is 5.32 Å². The van der Waals surface area contributed by atoms with Crippen LogP contribution in [0.4, 0.5) is 5.69 Å². The van der Waals surface area contributed by atoms with Gasteiger partial charge in [-0.15, -0.1) is 0 Å². The molecule has 0 radical (unpaired) electrons. The van der Waals surface area contributed by atoms with Gasteiger partial charge in [-0.2, -0.15) is 0 Å². The molecule has 4 nitrogen and oxygen atoms in total. The molecule has 0 fully saturated rings. The summed E-state index contributed by atoms with van der Waals surface area (Å²) in [6.07, 6.45) is 2.52. The van der Waals surface area contributed by atoms with E-state index in [1.54, 1.807) is 44.5 Å². The number of aliphatic hydroxyl groups excluding tert-OH is 1. The number of anilines is 1. The van der Waals surface area contributed by atoms with E-state index in [9.17, 15) is 9.90 Å². The minimum atomic E-state index is -0.524. The fourth-order valence-electron chi connectivity index (χ4n) is 1.97. The number of allylic oxidation sites excluding steroid dienone is 1. The molecule has 0 aliphatic carbocycles. The van der Waals surface area contributed by atoms with Crippen molar-refractivity contribution in [1.29, 1.82) is 0 Å². The van der Waals surface area contributed by atoms with E-state index < -0.39 is 6.10 Å². The minimum Gasteiger partial charge on any atom is -0.497 e. The monoisotopic (exact) mass is 297 g/mol. The molecule has 114 valence electrons. The molecule has 0 saturated heterocycles. The standard InChI is InChI=1S/C18H19NO3/c1-13(20)14-5-3-7-16(11-14)19-10-9-18(21)15-6-4-8-17(12-15)22-2/h3-13,19-20H,1-2H3/b10-9+/t13-/m1/s1. The minimum absolute atomic E-state index is 0.113.